The number of hydrogen-bond acceptors (Lipinski definition) is 3. The van der Waals surface area contributed by atoms with Crippen molar-refractivity contribution in [2.75, 3.05) is 0 Å². The van der Waals surface area contributed by atoms with Crippen molar-refractivity contribution in [3.63, 3.8) is 0 Å². The molecule has 1 aliphatic heterocycles. The van der Waals surface area contributed by atoms with Crippen LogP contribution in [0.25, 0.3) is 0 Å². The van der Waals surface area contributed by atoms with Gasteiger partial charge in [0, 0.05) is 12.1 Å². The average molecular weight is 252 g/mol. The van der Waals surface area contributed by atoms with Crippen LogP contribution in [0.15, 0.2) is 0 Å². The molecular formula is C14H24N2O2. The molecule has 2 amide bonds. The second kappa shape index (κ2) is 4.65. The van der Waals surface area contributed by atoms with Crippen LogP contribution in [0.3, 0.4) is 0 Å². The Kier molecular flexibility index (Phi) is 3.49. The largest absolute Gasteiger partial charge is 0.303 e. The zero-order valence-corrected chi connectivity index (χ0v) is 11.8. The summed E-state index contributed by atoms with van der Waals surface area (Å²) in [6.07, 6.45) is 3.71. The van der Waals surface area contributed by atoms with Crippen LogP contribution >= 0.6 is 0 Å². The molecule has 2 rings (SSSR count). The Hall–Kier alpha value is -0.900. The summed E-state index contributed by atoms with van der Waals surface area (Å²) in [5.74, 6) is -0.0792. The van der Waals surface area contributed by atoms with Gasteiger partial charge in [0.2, 0.25) is 11.8 Å². The molecule has 2 atom stereocenters. The van der Waals surface area contributed by atoms with E-state index >= 15 is 0 Å². The highest BCUT2D eigenvalue weighted by molar-refractivity contribution is 6.05. The molecule has 0 aromatic rings. The van der Waals surface area contributed by atoms with E-state index < -0.39 is 0 Å². The normalized spacial score (nSPS) is 31.7. The van der Waals surface area contributed by atoms with E-state index in [1.165, 1.54) is 11.3 Å². The van der Waals surface area contributed by atoms with Gasteiger partial charge < -0.3 is 5.32 Å². The van der Waals surface area contributed by atoms with Gasteiger partial charge >= 0.3 is 0 Å². The van der Waals surface area contributed by atoms with E-state index in [-0.39, 0.29) is 23.9 Å². The number of amides is 2. The lowest BCUT2D eigenvalue weighted by Crippen LogP contribution is -2.44. The van der Waals surface area contributed by atoms with E-state index in [0.29, 0.717) is 17.9 Å². The lowest BCUT2D eigenvalue weighted by Gasteiger charge is -2.22. The summed E-state index contributed by atoms with van der Waals surface area (Å²) in [5.41, 5.74) is 0.362. The zero-order chi connectivity index (χ0) is 13.5. The summed E-state index contributed by atoms with van der Waals surface area (Å²) >= 11 is 0. The number of likely N-dealkylation sites (tertiary alicyclic amines) is 1. The molecule has 1 saturated heterocycles. The highest BCUT2D eigenvalue weighted by Crippen LogP contribution is 2.37. The van der Waals surface area contributed by atoms with Crippen LogP contribution in [-0.4, -0.2) is 34.8 Å². The van der Waals surface area contributed by atoms with E-state index in [2.05, 4.69) is 19.2 Å². The molecule has 18 heavy (non-hydrogen) atoms. The van der Waals surface area contributed by atoms with Crippen molar-refractivity contribution in [3.05, 3.63) is 0 Å². The smallest absolute Gasteiger partial charge is 0.247 e. The fourth-order valence-corrected chi connectivity index (χ4v) is 3.19. The van der Waals surface area contributed by atoms with Gasteiger partial charge in [-0.2, -0.15) is 0 Å². The first-order chi connectivity index (χ1) is 8.30. The zero-order valence-electron chi connectivity index (χ0n) is 11.8. The Morgan fingerprint density at radius 1 is 1.33 bits per heavy atom. The average Bonchev–Trinajstić information content (AvgIpc) is 2.68. The number of hydrogen-bond donors (Lipinski definition) is 1. The van der Waals surface area contributed by atoms with E-state index in [1.807, 2.05) is 13.8 Å². The van der Waals surface area contributed by atoms with E-state index in [1.54, 1.807) is 0 Å². The summed E-state index contributed by atoms with van der Waals surface area (Å²) in [7, 11) is 0. The summed E-state index contributed by atoms with van der Waals surface area (Å²) in [6, 6.07) is 0.0597. The quantitative estimate of drug-likeness (QED) is 0.778. The van der Waals surface area contributed by atoms with Gasteiger partial charge in [-0.25, -0.2) is 0 Å². The maximum Gasteiger partial charge on any atom is 0.247 e. The summed E-state index contributed by atoms with van der Waals surface area (Å²) in [5, 5.41) is 3.39. The van der Waals surface area contributed by atoms with Crippen molar-refractivity contribution in [1.29, 1.82) is 0 Å². The number of carbonyl (C=O) groups is 2. The van der Waals surface area contributed by atoms with Crippen molar-refractivity contribution in [1.82, 2.24) is 10.2 Å². The van der Waals surface area contributed by atoms with Gasteiger partial charge in [-0.1, -0.05) is 13.8 Å². The summed E-state index contributed by atoms with van der Waals surface area (Å²) in [6.45, 7) is 8.29. The molecule has 2 fully saturated rings. The maximum absolute atomic E-state index is 12.1. The lowest BCUT2D eigenvalue weighted by atomic mass is 9.92. The lowest BCUT2D eigenvalue weighted by molar-refractivity contribution is -0.140. The molecule has 2 aliphatic rings. The molecule has 4 nitrogen and oxygen atoms in total. The van der Waals surface area contributed by atoms with E-state index in [9.17, 15) is 9.59 Å². The van der Waals surface area contributed by atoms with Gasteiger partial charge in [-0.05, 0) is 38.5 Å². The predicted molar refractivity (Wildman–Crippen MR) is 69.9 cm³/mol. The number of imide groups is 1. The van der Waals surface area contributed by atoms with Gasteiger partial charge in [-0.3, -0.25) is 14.5 Å². The number of carbonyl (C=O) groups excluding carboxylic acids is 2. The fourth-order valence-electron chi connectivity index (χ4n) is 3.19. The topological polar surface area (TPSA) is 49.4 Å². The summed E-state index contributed by atoms with van der Waals surface area (Å²) in [4.78, 5) is 25.4. The molecule has 4 heteroatoms. The summed E-state index contributed by atoms with van der Waals surface area (Å²) < 4.78 is 0. The first-order valence-electron chi connectivity index (χ1n) is 6.92. The van der Waals surface area contributed by atoms with Crippen molar-refractivity contribution < 1.29 is 9.59 Å². The first-order valence-corrected chi connectivity index (χ1v) is 6.92. The van der Waals surface area contributed by atoms with Crippen LogP contribution in [0.1, 0.15) is 53.4 Å². The van der Waals surface area contributed by atoms with Crippen LogP contribution in [0.2, 0.25) is 0 Å². The molecule has 0 radical (unpaired) electrons. The van der Waals surface area contributed by atoms with Crippen LogP contribution in [0, 0.1) is 5.41 Å². The number of nitrogens with one attached hydrogen (secondary N) is 1. The van der Waals surface area contributed by atoms with Crippen molar-refractivity contribution in [2.45, 2.75) is 71.5 Å². The van der Waals surface area contributed by atoms with Gasteiger partial charge in [0.25, 0.3) is 0 Å². The van der Waals surface area contributed by atoms with E-state index in [4.69, 9.17) is 0 Å². The Labute approximate surface area is 109 Å². The van der Waals surface area contributed by atoms with E-state index in [0.717, 1.165) is 12.8 Å². The van der Waals surface area contributed by atoms with Crippen LogP contribution in [0.4, 0.5) is 0 Å². The van der Waals surface area contributed by atoms with Crippen molar-refractivity contribution >= 4 is 11.8 Å². The minimum atomic E-state index is -0.293. The predicted octanol–water partition coefficient (Wildman–Crippen LogP) is 1.69. The van der Waals surface area contributed by atoms with Gasteiger partial charge in [0.15, 0.2) is 0 Å². The highest BCUT2D eigenvalue weighted by atomic mass is 16.2. The molecule has 102 valence electrons. The fraction of sp³-hybridized carbons (Fsp3) is 0.857. The Balaban J connectivity index is 1.96. The molecule has 1 heterocycles. The standard InChI is InChI=1S/C14H24N2O2/c1-9(2)16-12(17)7-11(13(16)18)15-10-5-6-14(3,4)8-10/h9-11,15H,5-8H2,1-4H3. The minimum Gasteiger partial charge on any atom is -0.303 e. The second-order valence-corrected chi connectivity index (χ2v) is 6.72. The Morgan fingerprint density at radius 3 is 2.44 bits per heavy atom. The first kappa shape index (κ1) is 13.5. The third kappa shape index (κ3) is 2.58. The van der Waals surface area contributed by atoms with Crippen LogP contribution in [-0.2, 0) is 9.59 Å². The minimum absolute atomic E-state index is 0.0307. The van der Waals surface area contributed by atoms with Crippen molar-refractivity contribution in [2.24, 2.45) is 5.41 Å². The van der Waals surface area contributed by atoms with Gasteiger partial charge in [0.1, 0.15) is 0 Å². The Bertz CT molecular complexity index is 363. The molecule has 1 N–H and O–H groups in total. The number of rotatable bonds is 3. The van der Waals surface area contributed by atoms with Gasteiger partial charge in [-0.15, -0.1) is 0 Å². The molecule has 1 aliphatic carbocycles. The monoisotopic (exact) mass is 252 g/mol. The van der Waals surface area contributed by atoms with Crippen molar-refractivity contribution in [3.8, 4) is 0 Å². The maximum atomic E-state index is 12.1. The third-order valence-electron chi connectivity index (χ3n) is 4.10. The third-order valence-corrected chi connectivity index (χ3v) is 4.10. The molecule has 2 unspecified atom stereocenters. The second-order valence-electron chi connectivity index (χ2n) is 6.72. The highest BCUT2D eigenvalue weighted by Gasteiger charge is 2.42. The Morgan fingerprint density at radius 2 is 2.00 bits per heavy atom. The molecule has 0 bridgehead atoms. The molecule has 0 aromatic carbocycles. The SMILES string of the molecule is CC(C)N1C(=O)CC(NC2CCC(C)(C)C2)C1=O. The number of nitrogens with zero attached hydrogens (tertiary/aromatic N) is 1. The van der Waals surface area contributed by atoms with Crippen LogP contribution in [0.5, 0.6) is 0 Å². The van der Waals surface area contributed by atoms with Crippen LogP contribution < -0.4 is 5.32 Å². The molecule has 0 aromatic heterocycles. The molecule has 1 saturated carbocycles. The molecular weight excluding hydrogens is 228 g/mol. The molecule has 0 spiro atoms. The van der Waals surface area contributed by atoms with Gasteiger partial charge in [0.05, 0.1) is 12.5 Å².